The zero-order valence-electron chi connectivity index (χ0n) is 12.9. The molecular formula is C16H21F2NO4. The Morgan fingerprint density at radius 3 is 2.74 bits per heavy atom. The quantitative estimate of drug-likeness (QED) is 0.842. The molecular weight excluding hydrogens is 308 g/mol. The molecule has 7 heteroatoms. The first-order chi connectivity index (χ1) is 11.0. The van der Waals surface area contributed by atoms with Crippen molar-refractivity contribution in [1.29, 1.82) is 0 Å². The molecule has 2 rings (SSSR count). The number of rotatable bonds is 6. The number of hydrogen-bond acceptors (Lipinski definition) is 4. The number of amides is 1. The summed E-state index contributed by atoms with van der Waals surface area (Å²) in [7, 11) is 1.33. The van der Waals surface area contributed by atoms with E-state index >= 15 is 0 Å². The minimum atomic E-state index is -3.00. The lowest BCUT2D eigenvalue weighted by Crippen LogP contribution is -2.36. The Bertz CT molecular complexity index is 539. The number of alkyl halides is 2. The fraction of sp³-hybridized carbons (Fsp3) is 0.562. The molecule has 1 amide bonds. The molecule has 1 fully saturated rings. The third-order valence-corrected chi connectivity index (χ3v) is 4.04. The molecule has 1 aromatic rings. The minimum absolute atomic E-state index is 0.0303. The Balaban J connectivity index is 2.01. The average molecular weight is 329 g/mol. The Morgan fingerprint density at radius 1 is 1.35 bits per heavy atom. The Kier molecular flexibility index (Phi) is 6.15. The fourth-order valence-corrected chi connectivity index (χ4v) is 2.76. The maximum atomic E-state index is 12.4. The second kappa shape index (κ2) is 8.10. The topological polar surface area (TPSA) is 67.8 Å². The zero-order chi connectivity index (χ0) is 16.8. The van der Waals surface area contributed by atoms with Crippen molar-refractivity contribution in [3.63, 3.8) is 0 Å². The highest BCUT2D eigenvalue weighted by atomic mass is 19.3. The summed E-state index contributed by atoms with van der Waals surface area (Å²) in [5.74, 6) is -0.426. The lowest BCUT2D eigenvalue weighted by molar-refractivity contribution is -0.0512. The standard InChI is InChI=1S/C16H21F2NO4/c1-22-13-7-6-10(8-14(13)23-16(17)18)15(21)19-9-11-4-2-3-5-12(11)20/h6-8,11-12,16,20H,2-5,9H2,1H3,(H,19,21)/t11-,12-/m1/s1. The van der Waals surface area contributed by atoms with Crippen LogP contribution in [-0.4, -0.2) is 37.4 Å². The number of ether oxygens (including phenoxy) is 2. The molecule has 0 radical (unpaired) electrons. The van der Waals surface area contributed by atoms with Crippen LogP contribution in [0.15, 0.2) is 18.2 Å². The molecule has 2 N–H and O–H groups in total. The Labute approximate surface area is 133 Å². The van der Waals surface area contributed by atoms with Gasteiger partial charge in [-0.25, -0.2) is 0 Å². The van der Waals surface area contributed by atoms with E-state index < -0.39 is 18.6 Å². The predicted molar refractivity (Wildman–Crippen MR) is 79.9 cm³/mol. The predicted octanol–water partition coefficient (Wildman–Crippen LogP) is 2.58. The number of halogens is 2. The van der Waals surface area contributed by atoms with E-state index in [9.17, 15) is 18.7 Å². The number of aliphatic hydroxyl groups is 1. The van der Waals surface area contributed by atoms with Gasteiger partial charge in [-0.1, -0.05) is 12.8 Å². The molecule has 128 valence electrons. The van der Waals surface area contributed by atoms with Gasteiger partial charge < -0.3 is 19.9 Å². The molecule has 0 spiro atoms. The van der Waals surface area contributed by atoms with Crippen LogP contribution in [0.2, 0.25) is 0 Å². The van der Waals surface area contributed by atoms with Crippen LogP contribution in [0.3, 0.4) is 0 Å². The lowest BCUT2D eigenvalue weighted by atomic mass is 9.86. The number of carbonyl (C=O) groups excluding carboxylic acids is 1. The molecule has 0 saturated heterocycles. The van der Waals surface area contributed by atoms with Crippen LogP contribution in [0.1, 0.15) is 36.0 Å². The molecule has 0 heterocycles. The van der Waals surface area contributed by atoms with E-state index in [-0.39, 0.29) is 23.0 Å². The summed E-state index contributed by atoms with van der Waals surface area (Å²) in [5, 5.41) is 12.6. The van der Waals surface area contributed by atoms with Gasteiger partial charge in [-0.05, 0) is 31.0 Å². The Morgan fingerprint density at radius 2 is 2.09 bits per heavy atom. The lowest BCUT2D eigenvalue weighted by Gasteiger charge is -2.27. The molecule has 1 saturated carbocycles. The summed E-state index contributed by atoms with van der Waals surface area (Å²) in [4.78, 5) is 12.2. The van der Waals surface area contributed by atoms with Gasteiger partial charge in [0.05, 0.1) is 13.2 Å². The third kappa shape index (κ3) is 4.79. The van der Waals surface area contributed by atoms with Gasteiger partial charge in [-0.3, -0.25) is 4.79 Å². The molecule has 0 aliphatic heterocycles. The monoisotopic (exact) mass is 329 g/mol. The maximum absolute atomic E-state index is 12.4. The fourth-order valence-electron chi connectivity index (χ4n) is 2.76. The highest BCUT2D eigenvalue weighted by Crippen LogP contribution is 2.29. The van der Waals surface area contributed by atoms with Crippen molar-refractivity contribution in [2.75, 3.05) is 13.7 Å². The molecule has 0 aromatic heterocycles. The zero-order valence-corrected chi connectivity index (χ0v) is 12.9. The SMILES string of the molecule is COc1ccc(C(=O)NC[C@H]2CCCC[C@H]2O)cc1OC(F)F. The number of aliphatic hydroxyl groups excluding tert-OH is 1. The molecule has 0 bridgehead atoms. The van der Waals surface area contributed by atoms with Crippen molar-refractivity contribution in [2.45, 2.75) is 38.4 Å². The maximum Gasteiger partial charge on any atom is 0.387 e. The second-order valence-corrected chi connectivity index (χ2v) is 5.57. The average Bonchev–Trinajstić information content (AvgIpc) is 2.53. The largest absolute Gasteiger partial charge is 0.493 e. The van der Waals surface area contributed by atoms with Gasteiger partial charge in [0.2, 0.25) is 0 Å². The van der Waals surface area contributed by atoms with Crippen LogP contribution >= 0.6 is 0 Å². The number of hydrogen-bond donors (Lipinski definition) is 2. The van der Waals surface area contributed by atoms with E-state index in [2.05, 4.69) is 10.1 Å². The van der Waals surface area contributed by atoms with E-state index in [1.165, 1.54) is 25.3 Å². The second-order valence-electron chi connectivity index (χ2n) is 5.57. The van der Waals surface area contributed by atoms with Gasteiger partial charge in [0.1, 0.15) is 0 Å². The van der Waals surface area contributed by atoms with Crippen LogP contribution in [0, 0.1) is 5.92 Å². The van der Waals surface area contributed by atoms with Gasteiger partial charge in [0.15, 0.2) is 11.5 Å². The molecule has 5 nitrogen and oxygen atoms in total. The van der Waals surface area contributed by atoms with Gasteiger partial charge in [0, 0.05) is 18.0 Å². The minimum Gasteiger partial charge on any atom is -0.493 e. The van der Waals surface area contributed by atoms with E-state index in [0.717, 1.165) is 25.7 Å². The van der Waals surface area contributed by atoms with Crippen molar-refractivity contribution < 1.29 is 28.2 Å². The van der Waals surface area contributed by atoms with Crippen molar-refractivity contribution in [1.82, 2.24) is 5.32 Å². The van der Waals surface area contributed by atoms with Crippen molar-refractivity contribution in [3.05, 3.63) is 23.8 Å². The van der Waals surface area contributed by atoms with Crippen LogP contribution in [-0.2, 0) is 0 Å². The summed E-state index contributed by atoms with van der Waals surface area (Å²) in [6.07, 6.45) is 3.24. The first-order valence-corrected chi connectivity index (χ1v) is 7.60. The highest BCUT2D eigenvalue weighted by molar-refractivity contribution is 5.94. The van der Waals surface area contributed by atoms with Gasteiger partial charge >= 0.3 is 6.61 Å². The summed E-state index contributed by atoms with van der Waals surface area (Å²) in [6, 6.07) is 4.10. The van der Waals surface area contributed by atoms with E-state index in [1.54, 1.807) is 0 Å². The number of benzene rings is 1. The molecule has 23 heavy (non-hydrogen) atoms. The number of methoxy groups -OCH3 is 1. The van der Waals surface area contributed by atoms with Crippen molar-refractivity contribution >= 4 is 5.91 Å². The smallest absolute Gasteiger partial charge is 0.387 e. The van der Waals surface area contributed by atoms with E-state index in [4.69, 9.17) is 4.74 Å². The first kappa shape index (κ1) is 17.5. The van der Waals surface area contributed by atoms with Crippen LogP contribution < -0.4 is 14.8 Å². The Hall–Kier alpha value is -1.89. The van der Waals surface area contributed by atoms with Crippen LogP contribution in [0.25, 0.3) is 0 Å². The molecule has 1 aliphatic carbocycles. The summed E-state index contributed by atoms with van der Waals surface area (Å²) >= 11 is 0. The summed E-state index contributed by atoms with van der Waals surface area (Å²) in [6.45, 7) is -2.64. The van der Waals surface area contributed by atoms with Gasteiger partial charge in [0.25, 0.3) is 5.91 Å². The number of nitrogens with one attached hydrogen (secondary N) is 1. The first-order valence-electron chi connectivity index (χ1n) is 7.60. The van der Waals surface area contributed by atoms with Crippen molar-refractivity contribution in [3.8, 4) is 11.5 Å². The molecule has 1 aromatic carbocycles. The summed E-state index contributed by atoms with van der Waals surface area (Å²) in [5.41, 5.74) is 0.201. The van der Waals surface area contributed by atoms with E-state index in [0.29, 0.717) is 6.54 Å². The molecule has 2 atom stereocenters. The third-order valence-electron chi connectivity index (χ3n) is 4.04. The van der Waals surface area contributed by atoms with Gasteiger partial charge in [-0.2, -0.15) is 8.78 Å². The van der Waals surface area contributed by atoms with Crippen LogP contribution in [0.5, 0.6) is 11.5 Å². The summed E-state index contributed by atoms with van der Waals surface area (Å²) < 4.78 is 34.1. The highest BCUT2D eigenvalue weighted by Gasteiger charge is 2.23. The number of carbonyl (C=O) groups is 1. The molecule has 1 aliphatic rings. The van der Waals surface area contributed by atoms with Gasteiger partial charge in [-0.15, -0.1) is 0 Å². The molecule has 0 unspecified atom stereocenters. The van der Waals surface area contributed by atoms with Crippen LogP contribution in [0.4, 0.5) is 8.78 Å². The van der Waals surface area contributed by atoms with E-state index in [1.807, 2.05) is 0 Å². The van der Waals surface area contributed by atoms with Crippen molar-refractivity contribution in [2.24, 2.45) is 5.92 Å². The normalized spacial score (nSPS) is 21.1.